The van der Waals surface area contributed by atoms with E-state index in [1.165, 1.54) is 25.7 Å². The SMILES string of the molecule is CC1(C)CCCC(NCCSc2cn[nH]n2)C1. The number of aromatic nitrogens is 3. The molecular weight excluding hydrogens is 232 g/mol. The molecule has 0 saturated heterocycles. The lowest BCUT2D eigenvalue weighted by atomic mass is 9.75. The molecule has 96 valence electrons. The Bertz CT molecular complexity index is 323. The minimum atomic E-state index is 0.523. The maximum absolute atomic E-state index is 4.02. The van der Waals surface area contributed by atoms with Crippen LogP contribution in [0.1, 0.15) is 39.5 Å². The molecule has 0 radical (unpaired) electrons. The van der Waals surface area contributed by atoms with E-state index in [4.69, 9.17) is 0 Å². The van der Waals surface area contributed by atoms with E-state index in [-0.39, 0.29) is 0 Å². The molecule has 4 nitrogen and oxygen atoms in total. The number of H-pyrrole nitrogens is 1. The topological polar surface area (TPSA) is 53.6 Å². The third-order valence-corrected chi connectivity index (χ3v) is 4.28. The molecule has 2 rings (SSSR count). The zero-order valence-corrected chi connectivity index (χ0v) is 11.5. The van der Waals surface area contributed by atoms with Gasteiger partial charge in [-0.05, 0) is 24.7 Å². The summed E-state index contributed by atoms with van der Waals surface area (Å²) in [6.45, 7) is 5.81. The third kappa shape index (κ3) is 4.32. The van der Waals surface area contributed by atoms with E-state index in [1.54, 1.807) is 18.0 Å². The molecule has 1 aromatic heterocycles. The van der Waals surface area contributed by atoms with E-state index in [0.29, 0.717) is 11.5 Å². The van der Waals surface area contributed by atoms with Gasteiger partial charge in [-0.2, -0.15) is 10.3 Å². The van der Waals surface area contributed by atoms with Crippen molar-refractivity contribution in [1.82, 2.24) is 20.7 Å². The summed E-state index contributed by atoms with van der Waals surface area (Å²) in [5, 5.41) is 15.1. The Morgan fingerprint density at radius 2 is 2.47 bits per heavy atom. The summed E-state index contributed by atoms with van der Waals surface area (Å²) in [7, 11) is 0. The maximum atomic E-state index is 4.02. The lowest BCUT2D eigenvalue weighted by Crippen LogP contribution is -2.38. The van der Waals surface area contributed by atoms with Gasteiger partial charge in [0.2, 0.25) is 0 Å². The minimum Gasteiger partial charge on any atom is -0.313 e. The fraction of sp³-hybridized carbons (Fsp3) is 0.833. The number of nitrogens with one attached hydrogen (secondary N) is 2. The van der Waals surface area contributed by atoms with Crippen molar-refractivity contribution in [3.63, 3.8) is 0 Å². The number of nitrogens with zero attached hydrogens (tertiary/aromatic N) is 2. The molecule has 5 heteroatoms. The van der Waals surface area contributed by atoms with Crippen LogP contribution in [0.2, 0.25) is 0 Å². The highest BCUT2D eigenvalue weighted by Gasteiger charge is 2.27. The molecule has 1 atom stereocenters. The summed E-state index contributed by atoms with van der Waals surface area (Å²) >= 11 is 1.75. The van der Waals surface area contributed by atoms with E-state index in [2.05, 4.69) is 34.6 Å². The van der Waals surface area contributed by atoms with Crippen LogP contribution in [0.5, 0.6) is 0 Å². The van der Waals surface area contributed by atoms with Gasteiger partial charge in [0, 0.05) is 18.3 Å². The highest BCUT2D eigenvalue weighted by atomic mass is 32.2. The van der Waals surface area contributed by atoms with E-state index < -0.39 is 0 Å². The maximum Gasteiger partial charge on any atom is 0.138 e. The molecule has 0 bridgehead atoms. The Kier molecular flexibility index (Phi) is 4.45. The van der Waals surface area contributed by atoms with Gasteiger partial charge in [-0.25, -0.2) is 0 Å². The summed E-state index contributed by atoms with van der Waals surface area (Å²) in [5.41, 5.74) is 0.523. The molecule has 1 aromatic rings. The van der Waals surface area contributed by atoms with Crippen molar-refractivity contribution in [2.75, 3.05) is 12.3 Å². The molecule has 0 amide bonds. The second kappa shape index (κ2) is 5.87. The Morgan fingerprint density at radius 3 is 3.18 bits per heavy atom. The molecule has 17 heavy (non-hydrogen) atoms. The van der Waals surface area contributed by atoms with E-state index in [0.717, 1.165) is 17.3 Å². The van der Waals surface area contributed by atoms with Gasteiger partial charge in [-0.15, -0.1) is 16.9 Å². The molecular formula is C12H22N4S. The number of rotatable bonds is 5. The number of aromatic amines is 1. The Hall–Kier alpha value is -0.550. The van der Waals surface area contributed by atoms with Crippen molar-refractivity contribution >= 4 is 11.8 Å². The first-order chi connectivity index (χ1) is 8.16. The van der Waals surface area contributed by atoms with Gasteiger partial charge in [0.15, 0.2) is 0 Å². The summed E-state index contributed by atoms with van der Waals surface area (Å²) < 4.78 is 0. The van der Waals surface area contributed by atoms with Crippen LogP contribution >= 0.6 is 11.8 Å². The highest BCUT2D eigenvalue weighted by Crippen LogP contribution is 2.34. The van der Waals surface area contributed by atoms with Crippen LogP contribution in [0.25, 0.3) is 0 Å². The van der Waals surface area contributed by atoms with Crippen molar-refractivity contribution in [2.24, 2.45) is 5.41 Å². The molecule has 0 spiro atoms. The molecule has 1 unspecified atom stereocenters. The number of hydrogen-bond donors (Lipinski definition) is 2. The Balaban J connectivity index is 1.62. The van der Waals surface area contributed by atoms with Crippen molar-refractivity contribution < 1.29 is 0 Å². The van der Waals surface area contributed by atoms with Gasteiger partial charge in [0.25, 0.3) is 0 Å². The van der Waals surface area contributed by atoms with Gasteiger partial charge in [0.1, 0.15) is 5.03 Å². The van der Waals surface area contributed by atoms with Gasteiger partial charge < -0.3 is 5.32 Å². The van der Waals surface area contributed by atoms with Crippen LogP contribution in [0.4, 0.5) is 0 Å². The average molecular weight is 254 g/mol. The van der Waals surface area contributed by atoms with Crippen molar-refractivity contribution in [3.05, 3.63) is 6.20 Å². The van der Waals surface area contributed by atoms with Gasteiger partial charge in [-0.3, -0.25) is 0 Å². The first kappa shape index (κ1) is 12.9. The van der Waals surface area contributed by atoms with Crippen molar-refractivity contribution in [2.45, 2.75) is 50.6 Å². The summed E-state index contributed by atoms with van der Waals surface area (Å²) in [6.07, 6.45) is 7.15. The Labute approximate surface area is 107 Å². The van der Waals surface area contributed by atoms with Crippen LogP contribution in [0.15, 0.2) is 11.2 Å². The lowest BCUT2D eigenvalue weighted by molar-refractivity contribution is 0.200. The van der Waals surface area contributed by atoms with Crippen LogP contribution in [0, 0.1) is 5.41 Å². The second-order valence-corrected chi connectivity index (χ2v) is 6.68. The standard InChI is InChI=1S/C12H22N4S/c1-12(2)5-3-4-10(8-12)13-6-7-17-11-9-14-16-15-11/h9-10,13H,3-8H2,1-2H3,(H,14,15,16). The highest BCUT2D eigenvalue weighted by molar-refractivity contribution is 7.99. The largest absolute Gasteiger partial charge is 0.313 e. The monoisotopic (exact) mass is 254 g/mol. The molecule has 1 fully saturated rings. The Morgan fingerprint density at radius 1 is 1.59 bits per heavy atom. The van der Waals surface area contributed by atoms with Gasteiger partial charge >= 0.3 is 0 Å². The molecule has 0 aromatic carbocycles. The third-order valence-electron chi connectivity index (χ3n) is 3.38. The zero-order valence-electron chi connectivity index (χ0n) is 10.7. The molecule has 1 aliphatic carbocycles. The van der Waals surface area contributed by atoms with Crippen molar-refractivity contribution in [1.29, 1.82) is 0 Å². The summed E-state index contributed by atoms with van der Waals surface area (Å²) in [4.78, 5) is 0. The van der Waals surface area contributed by atoms with E-state index in [9.17, 15) is 0 Å². The van der Waals surface area contributed by atoms with E-state index >= 15 is 0 Å². The predicted octanol–water partition coefficient (Wildman–Crippen LogP) is 2.46. The fourth-order valence-corrected chi connectivity index (χ4v) is 3.21. The molecule has 1 aliphatic rings. The molecule has 2 N–H and O–H groups in total. The van der Waals surface area contributed by atoms with Gasteiger partial charge in [-0.1, -0.05) is 20.3 Å². The zero-order chi connectivity index (χ0) is 12.1. The van der Waals surface area contributed by atoms with Crippen LogP contribution in [0.3, 0.4) is 0 Å². The lowest BCUT2D eigenvalue weighted by Gasteiger charge is -2.35. The van der Waals surface area contributed by atoms with Crippen LogP contribution < -0.4 is 5.32 Å². The van der Waals surface area contributed by atoms with E-state index in [1.807, 2.05) is 0 Å². The number of hydrogen-bond acceptors (Lipinski definition) is 4. The average Bonchev–Trinajstić information content (AvgIpc) is 2.76. The summed E-state index contributed by atoms with van der Waals surface area (Å²) in [6, 6.07) is 0.705. The number of thioether (sulfide) groups is 1. The predicted molar refractivity (Wildman–Crippen MR) is 71.1 cm³/mol. The van der Waals surface area contributed by atoms with Crippen LogP contribution in [-0.2, 0) is 0 Å². The molecule has 1 saturated carbocycles. The van der Waals surface area contributed by atoms with Crippen molar-refractivity contribution in [3.8, 4) is 0 Å². The molecule has 1 heterocycles. The fourth-order valence-electron chi connectivity index (χ4n) is 2.55. The first-order valence-electron chi connectivity index (χ1n) is 6.38. The van der Waals surface area contributed by atoms with Crippen LogP contribution in [-0.4, -0.2) is 33.8 Å². The van der Waals surface area contributed by atoms with Gasteiger partial charge in [0.05, 0.1) is 6.20 Å². The normalized spacial score (nSPS) is 23.8. The second-order valence-electron chi connectivity index (χ2n) is 5.57. The first-order valence-corrected chi connectivity index (χ1v) is 7.36. The minimum absolute atomic E-state index is 0.523. The smallest absolute Gasteiger partial charge is 0.138 e. The summed E-state index contributed by atoms with van der Waals surface area (Å²) in [5.74, 6) is 1.06. The molecule has 0 aliphatic heterocycles. The quantitative estimate of drug-likeness (QED) is 0.626.